The number of fused-ring (bicyclic) bond motifs is 1. The Morgan fingerprint density at radius 1 is 1.12 bits per heavy atom. The smallest absolute Gasteiger partial charge is 0.276 e. The predicted molar refractivity (Wildman–Crippen MR) is 96.6 cm³/mol. The van der Waals surface area contributed by atoms with E-state index in [1.807, 2.05) is 6.92 Å². The molecule has 4 rings (SSSR count). The molecule has 0 bridgehead atoms. The fourth-order valence-electron chi connectivity index (χ4n) is 4.88. The van der Waals surface area contributed by atoms with Gasteiger partial charge in [-0.25, -0.2) is 4.98 Å². The number of carbonyl (C=O) groups is 1. The standard InChI is InChI=1S/C21H26N2O2/c1-14-20(22-15(2)25-14)21(24)23-13-12-17(16-8-4-3-5-9-16)18-10-6-7-11-19(18)23/h3-5,8-9,17-19H,6-7,10-13H2,1-2H3/t17-,18-,19-/m1/s1. The zero-order valence-corrected chi connectivity index (χ0v) is 15.1. The zero-order valence-electron chi connectivity index (χ0n) is 15.1. The predicted octanol–water partition coefficient (Wildman–Crippen LogP) is 4.48. The summed E-state index contributed by atoms with van der Waals surface area (Å²) in [6.45, 7) is 4.45. The average molecular weight is 338 g/mol. The number of benzene rings is 1. The van der Waals surface area contributed by atoms with E-state index in [9.17, 15) is 4.79 Å². The Morgan fingerprint density at radius 3 is 2.60 bits per heavy atom. The highest BCUT2D eigenvalue weighted by atomic mass is 16.4. The molecule has 1 aliphatic carbocycles. The molecule has 2 aliphatic rings. The first-order chi connectivity index (χ1) is 12.1. The van der Waals surface area contributed by atoms with Crippen LogP contribution in [-0.2, 0) is 0 Å². The summed E-state index contributed by atoms with van der Waals surface area (Å²) in [5.41, 5.74) is 1.93. The van der Waals surface area contributed by atoms with E-state index in [-0.39, 0.29) is 5.91 Å². The zero-order chi connectivity index (χ0) is 17.4. The third kappa shape index (κ3) is 2.99. The van der Waals surface area contributed by atoms with Crippen molar-refractivity contribution in [3.63, 3.8) is 0 Å². The molecule has 25 heavy (non-hydrogen) atoms. The van der Waals surface area contributed by atoms with Gasteiger partial charge in [-0.3, -0.25) is 4.79 Å². The fraction of sp³-hybridized carbons (Fsp3) is 0.524. The Morgan fingerprint density at radius 2 is 1.88 bits per heavy atom. The number of hydrogen-bond donors (Lipinski definition) is 0. The maximum absolute atomic E-state index is 13.1. The van der Waals surface area contributed by atoms with E-state index in [0.29, 0.717) is 35.2 Å². The first kappa shape index (κ1) is 16.4. The van der Waals surface area contributed by atoms with Crippen LogP contribution in [0.3, 0.4) is 0 Å². The summed E-state index contributed by atoms with van der Waals surface area (Å²) < 4.78 is 5.49. The van der Waals surface area contributed by atoms with Gasteiger partial charge in [-0.2, -0.15) is 0 Å². The quantitative estimate of drug-likeness (QED) is 0.811. The van der Waals surface area contributed by atoms with E-state index in [2.05, 4.69) is 40.2 Å². The number of rotatable bonds is 2. The normalized spacial score (nSPS) is 26.3. The summed E-state index contributed by atoms with van der Waals surface area (Å²) in [5, 5.41) is 0. The van der Waals surface area contributed by atoms with Crippen LogP contribution in [0, 0.1) is 19.8 Å². The van der Waals surface area contributed by atoms with Gasteiger partial charge in [0.1, 0.15) is 5.76 Å². The van der Waals surface area contributed by atoms with Gasteiger partial charge in [0.15, 0.2) is 11.6 Å². The van der Waals surface area contributed by atoms with Crippen LogP contribution in [0.1, 0.15) is 65.7 Å². The molecule has 3 atom stereocenters. The molecule has 1 saturated carbocycles. The molecule has 0 spiro atoms. The van der Waals surface area contributed by atoms with E-state index in [0.717, 1.165) is 19.4 Å². The second kappa shape index (κ2) is 6.66. The van der Waals surface area contributed by atoms with E-state index in [1.54, 1.807) is 6.92 Å². The lowest BCUT2D eigenvalue weighted by atomic mass is 9.69. The molecule has 0 radical (unpaired) electrons. The van der Waals surface area contributed by atoms with E-state index in [4.69, 9.17) is 4.42 Å². The number of oxazole rings is 1. The molecule has 1 aliphatic heterocycles. The van der Waals surface area contributed by atoms with Crippen molar-refractivity contribution in [3.8, 4) is 0 Å². The SMILES string of the molecule is Cc1nc(C(=O)N2CC[C@H](c3ccccc3)[C@H]3CCCC[C@H]32)c(C)o1. The second-order valence-corrected chi connectivity index (χ2v) is 7.46. The van der Waals surface area contributed by atoms with E-state index >= 15 is 0 Å². The Labute approximate surface area is 149 Å². The number of aromatic nitrogens is 1. The van der Waals surface area contributed by atoms with Crippen LogP contribution < -0.4 is 0 Å². The molecule has 1 saturated heterocycles. The van der Waals surface area contributed by atoms with Gasteiger partial charge in [0.25, 0.3) is 5.91 Å². The maximum atomic E-state index is 13.1. The highest BCUT2D eigenvalue weighted by molar-refractivity contribution is 5.93. The van der Waals surface area contributed by atoms with Crippen molar-refractivity contribution < 1.29 is 9.21 Å². The second-order valence-electron chi connectivity index (χ2n) is 7.46. The van der Waals surface area contributed by atoms with Crippen molar-refractivity contribution in [2.45, 2.75) is 57.9 Å². The summed E-state index contributed by atoms with van der Waals surface area (Å²) in [7, 11) is 0. The topological polar surface area (TPSA) is 46.3 Å². The summed E-state index contributed by atoms with van der Waals surface area (Å²) in [4.78, 5) is 19.6. The molecule has 1 aromatic heterocycles. The number of amides is 1. The Bertz CT molecular complexity index is 753. The van der Waals surface area contributed by atoms with E-state index in [1.165, 1.54) is 24.8 Å². The van der Waals surface area contributed by atoms with Crippen LogP contribution in [0.25, 0.3) is 0 Å². The third-order valence-corrected chi connectivity index (χ3v) is 5.97. The molecule has 2 heterocycles. The minimum atomic E-state index is 0.0535. The number of likely N-dealkylation sites (tertiary alicyclic amines) is 1. The van der Waals surface area contributed by atoms with Gasteiger partial charge in [0, 0.05) is 19.5 Å². The van der Waals surface area contributed by atoms with Crippen LogP contribution in [0.4, 0.5) is 0 Å². The number of aryl methyl sites for hydroxylation is 2. The third-order valence-electron chi connectivity index (χ3n) is 5.97. The van der Waals surface area contributed by atoms with Gasteiger partial charge in [-0.05, 0) is 43.6 Å². The lowest BCUT2D eigenvalue weighted by Gasteiger charge is -2.48. The van der Waals surface area contributed by atoms with Crippen LogP contribution in [0.5, 0.6) is 0 Å². The Balaban J connectivity index is 1.61. The molecule has 0 N–H and O–H groups in total. The van der Waals surface area contributed by atoms with Gasteiger partial charge in [-0.1, -0.05) is 43.2 Å². The lowest BCUT2D eigenvalue weighted by molar-refractivity contribution is 0.0313. The largest absolute Gasteiger partial charge is 0.445 e. The first-order valence-corrected chi connectivity index (χ1v) is 9.45. The number of nitrogens with zero attached hydrogens (tertiary/aromatic N) is 2. The van der Waals surface area contributed by atoms with Gasteiger partial charge < -0.3 is 9.32 Å². The molecular weight excluding hydrogens is 312 g/mol. The molecule has 1 aromatic carbocycles. The Kier molecular flexibility index (Phi) is 4.36. The monoisotopic (exact) mass is 338 g/mol. The summed E-state index contributed by atoms with van der Waals surface area (Å²) in [5.74, 6) is 2.39. The Hall–Kier alpha value is -2.10. The van der Waals surface area contributed by atoms with Crippen LogP contribution >= 0.6 is 0 Å². The molecule has 132 valence electrons. The number of hydrogen-bond acceptors (Lipinski definition) is 3. The maximum Gasteiger partial charge on any atom is 0.276 e. The molecule has 0 unspecified atom stereocenters. The van der Waals surface area contributed by atoms with Crippen LogP contribution in [0.15, 0.2) is 34.7 Å². The molecule has 2 aromatic rings. The molecular formula is C21H26N2O2. The average Bonchev–Trinajstić information content (AvgIpc) is 2.99. The van der Waals surface area contributed by atoms with Gasteiger partial charge in [-0.15, -0.1) is 0 Å². The minimum absolute atomic E-state index is 0.0535. The highest BCUT2D eigenvalue weighted by Crippen LogP contribution is 2.44. The lowest BCUT2D eigenvalue weighted by Crippen LogP contribution is -2.52. The van der Waals surface area contributed by atoms with Crippen LogP contribution in [-0.4, -0.2) is 28.4 Å². The molecule has 4 heteroatoms. The van der Waals surface area contributed by atoms with Crippen molar-refractivity contribution >= 4 is 5.91 Å². The van der Waals surface area contributed by atoms with Gasteiger partial charge >= 0.3 is 0 Å². The summed E-state index contributed by atoms with van der Waals surface area (Å²) >= 11 is 0. The van der Waals surface area contributed by atoms with Gasteiger partial charge in [0.2, 0.25) is 0 Å². The molecule has 2 fully saturated rings. The minimum Gasteiger partial charge on any atom is -0.445 e. The fourth-order valence-corrected chi connectivity index (χ4v) is 4.88. The summed E-state index contributed by atoms with van der Waals surface area (Å²) in [6, 6.07) is 11.2. The highest BCUT2D eigenvalue weighted by Gasteiger charge is 2.42. The number of piperidine rings is 1. The van der Waals surface area contributed by atoms with Gasteiger partial charge in [0.05, 0.1) is 0 Å². The van der Waals surface area contributed by atoms with Crippen molar-refractivity contribution in [1.82, 2.24) is 9.88 Å². The molecule has 1 amide bonds. The van der Waals surface area contributed by atoms with E-state index < -0.39 is 0 Å². The van der Waals surface area contributed by atoms with Crippen molar-refractivity contribution in [2.24, 2.45) is 5.92 Å². The van der Waals surface area contributed by atoms with Crippen LogP contribution in [0.2, 0.25) is 0 Å². The summed E-state index contributed by atoms with van der Waals surface area (Å²) in [6.07, 6.45) is 5.84. The van der Waals surface area contributed by atoms with Crippen molar-refractivity contribution in [3.05, 3.63) is 53.2 Å². The number of carbonyl (C=O) groups excluding carboxylic acids is 1. The van der Waals surface area contributed by atoms with Crippen molar-refractivity contribution in [2.75, 3.05) is 6.54 Å². The molecule has 4 nitrogen and oxygen atoms in total. The van der Waals surface area contributed by atoms with Crippen molar-refractivity contribution in [1.29, 1.82) is 0 Å². The first-order valence-electron chi connectivity index (χ1n) is 9.45.